The van der Waals surface area contributed by atoms with Crippen molar-refractivity contribution in [2.75, 3.05) is 19.6 Å². The molecule has 3 heterocycles. The summed E-state index contributed by atoms with van der Waals surface area (Å²) < 4.78 is 15.5. The fourth-order valence-corrected chi connectivity index (χ4v) is 4.98. The molecule has 0 radical (unpaired) electrons. The SMILES string of the molecule is O=C1NC(=O)N(CC(c2cn(-c3ccc(F)cc3)c3ccc(Cl)cc23)N2CCCCC2)C1O. The number of carbonyl (C=O) groups excluding carboxylic acids is 2. The molecule has 9 heteroatoms. The van der Waals surface area contributed by atoms with Gasteiger partial charge >= 0.3 is 6.03 Å². The molecule has 0 bridgehead atoms. The molecule has 0 spiro atoms. The van der Waals surface area contributed by atoms with Gasteiger partial charge in [-0.1, -0.05) is 18.0 Å². The van der Waals surface area contributed by atoms with Gasteiger partial charge in [-0.3, -0.25) is 19.9 Å². The Balaban J connectivity index is 1.63. The molecule has 7 nitrogen and oxygen atoms in total. The Morgan fingerprint density at radius 3 is 2.48 bits per heavy atom. The quantitative estimate of drug-likeness (QED) is 0.556. The van der Waals surface area contributed by atoms with Crippen LogP contribution in [-0.2, 0) is 4.79 Å². The van der Waals surface area contributed by atoms with E-state index in [0.29, 0.717) is 5.02 Å². The predicted molar refractivity (Wildman–Crippen MR) is 123 cm³/mol. The standard InChI is InChI=1S/C24H24ClFN4O3/c25-15-4-9-20-18(12-15)19(13-29(20)17-7-5-16(26)6-8-17)21(28-10-2-1-3-11-28)14-30-23(32)22(31)27-24(30)33/h4-9,12-13,21,23,32H,1-3,10-11,14H2,(H,27,31,33). The number of benzene rings is 2. The highest BCUT2D eigenvalue weighted by molar-refractivity contribution is 6.31. The van der Waals surface area contributed by atoms with Crippen molar-refractivity contribution in [3.63, 3.8) is 0 Å². The van der Waals surface area contributed by atoms with E-state index in [2.05, 4.69) is 10.2 Å². The topological polar surface area (TPSA) is 77.8 Å². The summed E-state index contributed by atoms with van der Waals surface area (Å²) in [7, 11) is 0. The summed E-state index contributed by atoms with van der Waals surface area (Å²) in [6.07, 6.45) is 3.66. The van der Waals surface area contributed by atoms with Crippen molar-refractivity contribution in [2.24, 2.45) is 0 Å². The van der Waals surface area contributed by atoms with Crippen LogP contribution in [0.2, 0.25) is 5.02 Å². The first-order valence-corrected chi connectivity index (χ1v) is 11.4. The van der Waals surface area contributed by atoms with Gasteiger partial charge in [-0.25, -0.2) is 9.18 Å². The number of piperidine rings is 1. The summed E-state index contributed by atoms with van der Waals surface area (Å²) in [5.41, 5.74) is 2.62. The van der Waals surface area contributed by atoms with E-state index in [1.165, 1.54) is 17.0 Å². The summed E-state index contributed by atoms with van der Waals surface area (Å²) in [5, 5.41) is 14.0. The summed E-state index contributed by atoms with van der Waals surface area (Å²) in [6, 6.07) is 11.0. The maximum atomic E-state index is 13.5. The summed E-state index contributed by atoms with van der Waals surface area (Å²) >= 11 is 6.36. The number of aromatic nitrogens is 1. The molecule has 2 aliphatic rings. The van der Waals surface area contributed by atoms with Crippen LogP contribution in [-0.4, -0.2) is 57.3 Å². The molecule has 0 saturated carbocycles. The Morgan fingerprint density at radius 1 is 1.09 bits per heavy atom. The lowest BCUT2D eigenvalue weighted by atomic mass is 10.0. The van der Waals surface area contributed by atoms with Gasteiger partial charge in [-0.15, -0.1) is 0 Å². The van der Waals surface area contributed by atoms with Crippen LogP contribution in [0, 0.1) is 5.82 Å². The molecule has 2 aliphatic heterocycles. The molecule has 2 N–H and O–H groups in total. The number of halogens is 2. The van der Waals surface area contributed by atoms with Crippen molar-refractivity contribution in [1.29, 1.82) is 0 Å². The minimum absolute atomic E-state index is 0.147. The number of imide groups is 1. The minimum Gasteiger partial charge on any atom is -0.365 e. The van der Waals surface area contributed by atoms with Crippen molar-refractivity contribution < 1.29 is 19.1 Å². The van der Waals surface area contributed by atoms with Gasteiger partial charge < -0.3 is 9.67 Å². The lowest BCUT2D eigenvalue weighted by molar-refractivity contribution is -0.130. The van der Waals surface area contributed by atoms with Crippen molar-refractivity contribution in [3.05, 3.63) is 65.1 Å². The number of nitrogens with one attached hydrogen (secondary N) is 1. The first-order valence-electron chi connectivity index (χ1n) is 11.0. The van der Waals surface area contributed by atoms with E-state index in [0.717, 1.165) is 54.5 Å². The van der Waals surface area contributed by atoms with Crippen LogP contribution < -0.4 is 5.32 Å². The van der Waals surface area contributed by atoms with Crippen molar-refractivity contribution >= 4 is 34.4 Å². The molecular formula is C24H24ClFN4O3. The average Bonchev–Trinajstić information content (AvgIpc) is 3.29. The number of aliphatic hydroxyl groups is 1. The molecular weight excluding hydrogens is 447 g/mol. The monoisotopic (exact) mass is 470 g/mol. The van der Waals surface area contributed by atoms with E-state index in [1.54, 1.807) is 18.2 Å². The normalized spacial score (nSPS) is 20.5. The first-order chi connectivity index (χ1) is 15.9. The van der Waals surface area contributed by atoms with Gasteiger partial charge in [0.15, 0.2) is 0 Å². The number of nitrogens with zero attached hydrogens (tertiary/aromatic N) is 3. The van der Waals surface area contributed by atoms with Crippen LogP contribution in [0.25, 0.3) is 16.6 Å². The third-order valence-corrected chi connectivity index (χ3v) is 6.72. The molecule has 172 valence electrons. The molecule has 2 unspecified atom stereocenters. The number of hydrogen-bond donors (Lipinski definition) is 2. The second kappa shape index (κ2) is 8.78. The van der Waals surface area contributed by atoms with Gasteiger partial charge in [0.1, 0.15) is 5.82 Å². The number of urea groups is 1. The van der Waals surface area contributed by atoms with Crippen LogP contribution in [0.4, 0.5) is 9.18 Å². The number of likely N-dealkylation sites (tertiary alicyclic amines) is 1. The third-order valence-electron chi connectivity index (χ3n) is 6.48. The molecule has 2 saturated heterocycles. The first kappa shape index (κ1) is 21.9. The van der Waals surface area contributed by atoms with Gasteiger partial charge in [-0.05, 0) is 74.0 Å². The second-order valence-electron chi connectivity index (χ2n) is 8.53. The van der Waals surface area contributed by atoms with Gasteiger partial charge in [0, 0.05) is 28.8 Å². The van der Waals surface area contributed by atoms with Crippen molar-refractivity contribution in [3.8, 4) is 5.69 Å². The molecule has 33 heavy (non-hydrogen) atoms. The molecule has 2 aromatic carbocycles. The zero-order chi connectivity index (χ0) is 23.1. The van der Waals surface area contributed by atoms with Crippen molar-refractivity contribution in [2.45, 2.75) is 31.5 Å². The highest BCUT2D eigenvalue weighted by atomic mass is 35.5. The lowest BCUT2D eigenvalue weighted by Gasteiger charge is -2.36. The number of rotatable bonds is 5. The van der Waals surface area contributed by atoms with Crippen LogP contribution >= 0.6 is 11.6 Å². The smallest absolute Gasteiger partial charge is 0.326 e. The Labute approximate surface area is 195 Å². The van der Waals surface area contributed by atoms with Crippen LogP contribution in [0.1, 0.15) is 30.9 Å². The van der Waals surface area contributed by atoms with E-state index in [-0.39, 0.29) is 18.4 Å². The minimum atomic E-state index is -1.51. The highest BCUT2D eigenvalue weighted by Crippen LogP contribution is 2.36. The third kappa shape index (κ3) is 4.10. The Bertz CT molecular complexity index is 1210. The molecule has 1 aromatic heterocycles. The summed E-state index contributed by atoms with van der Waals surface area (Å²) in [5.74, 6) is -1.03. The Hall–Kier alpha value is -2.94. The van der Waals surface area contributed by atoms with Crippen LogP contribution in [0.3, 0.4) is 0 Å². The van der Waals surface area contributed by atoms with Crippen LogP contribution in [0.15, 0.2) is 48.7 Å². The number of fused-ring (bicyclic) bond motifs is 1. The zero-order valence-corrected chi connectivity index (χ0v) is 18.6. The highest BCUT2D eigenvalue weighted by Gasteiger charge is 2.40. The average molecular weight is 471 g/mol. The van der Waals surface area contributed by atoms with Gasteiger partial charge in [0.2, 0.25) is 6.23 Å². The molecule has 5 rings (SSSR count). The molecule has 3 amide bonds. The lowest BCUT2D eigenvalue weighted by Crippen LogP contribution is -2.44. The zero-order valence-electron chi connectivity index (χ0n) is 17.9. The molecule has 3 aromatic rings. The Morgan fingerprint density at radius 2 is 1.82 bits per heavy atom. The predicted octanol–water partition coefficient (Wildman–Crippen LogP) is 3.82. The van der Waals surface area contributed by atoms with Gasteiger partial charge in [0.25, 0.3) is 5.91 Å². The number of carbonyl (C=O) groups is 2. The number of hydrogen-bond acceptors (Lipinski definition) is 4. The van der Waals surface area contributed by atoms with E-state index in [1.807, 2.05) is 22.9 Å². The maximum absolute atomic E-state index is 13.5. The number of amides is 3. The molecule has 2 fully saturated rings. The second-order valence-corrected chi connectivity index (χ2v) is 8.96. The van der Waals surface area contributed by atoms with E-state index < -0.39 is 18.2 Å². The largest absolute Gasteiger partial charge is 0.365 e. The molecule has 2 atom stereocenters. The van der Waals surface area contributed by atoms with E-state index in [4.69, 9.17) is 11.6 Å². The van der Waals surface area contributed by atoms with Crippen molar-refractivity contribution in [1.82, 2.24) is 19.7 Å². The van der Waals surface area contributed by atoms with Gasteiger partial charge in [-0.2, -0.15) is 0 Å². The summed E-state index contributed by atoms with van der Waals surface area (Å²) in [4.78, 5) is 27.7. The fraction of sp³-hybridized carbons (Fsp3) is 0.333. The van der Waals surface area contributed by atoms with E-state index >= 15 is 0 Å². The van der Waals surface area contributed by atoms with Gasteiger partial charge in [0.05, 0.1) is 11.6 Å². The fourth-order valence-electron chi connectivity index (χ4n) is 4.81. The number of aliphatic hydroxyl groups excluding tert-OH is 1. The summed E-state index contributed by atoms with van der Waals surface area (Å²) in [6.45, 7) is 1.83. The van der Waals surface area contributed by atoms with E-state index in [9.17, 15) is 19.1 Å². The Kier molecular flexibility index (Phi) is 5.82. The maximum Gasteiger partial charge on any atom is 0.326 e. The molecule has 0 aliphatic carbocycles. The van der Waals surface area contributed by atoms with Crippen LogP contribution in [0.5, 0.6) is 0 Å².